The van der Waals surface area contributed by atoms with E-state index < -0.39 is 5.82 Å². The Morgan fingerprint density at radius 2 is 1.94 bits per heavy atom. The van der Waals surface area contributed by atoms with Crippen molar-refractivity contribution < 1.29 is 9.18 Å². The van der Waals surface area contributed by atoms with Crippen molar-refractivity contribution in [2.24, 2.45) is 0 Å². The third-order valence-electron chi connectivity index (χ3n) is 6.27. The first-order valence-electron chi connectivity index (χ1n) is 11.2. The third kappa shape index (κ3) is 5.60. The van der Waals surface area contributed by atoms with Crippen LogP contribution in [0.5, 0.6) is 0 Å². The number of aromatic nitrogens is 2. The second-order valence-electron chi connectivity index (χ2n) is 8.81. The van der Waals surface area contributed by atoms with Crippen molar-refractivity contribution in [2.75, 3.05) is 37.4 Å². The maximum Gasteiger partial charge on any atom is 0.226 e. The highest BCUT2D eigenvalue weighted by atomic mass is 35.5. The molecule has 33 heavy (non-hydrogen) atoms. The number of aryl methyl sites for hydroxylation is 2. The van der Waals surface area contributed by atoms with Gasteiger partial charge in [-0.25, -0.2) is 14.4 Å². The second kappa shape index (κ2) is 10.0. The number of benzene rings is 2. The fourth-order valence-electron chi connectivity index (χ4n) is 4.26. The number of anilines is 2. The molecular weight excluding hydrogens is 441 g/mol. The van der Waals surface area contributed by atoms with Crippen LogP contribution in [0.3, 0.4) is 0 Å². The fourth-order valence-corrected chi connectivity index (χ4v) is 4.42. The summed E-state index contributed by atoms with van der Waals surface area (Å²) in [6.07, 6.45) is 2.67. The van der Waals surface area contributed by atoms with E-state index in [9.17, 15) is 9.18 Å². The number of fused-ring (bicyclic) bond motifs is 1. The lowest BCUT2D eigenvalue weighted by Crippen LogP contribution is -2.42. The number of piperidine rings is 1. The van der Waals surface area contributed by atoms with Gasteiger partial charge in [0.1, 0.15) is 5.82 Å². The molecular formula is C25H29ClFN5O. The van der Waals surface area contributed by atoms with Crippen LogP contribution in [0.4, 0.5) is 16.0 Å². The van der Waals surface area contributed by atoms with Crippen LogP contribution in [0.25, 0.3) is 10.9 Å². The van der Waals surface area contributed by atoms with Gasteiger partial charge >= 0.3 is 0 Å². The molecule has 1 fully saturated rings. The Labute approximate surface area is 198 Å². The normalized spacial score (nSPS) is 14.8. The summed E-state index contributed by atoms with van der Waals surface area (Å²) >= 11 is 5.78. The first-order valence-corrected chi connectivity index (χ1v) is 11.6. The Balaban J connectivity index is 1.42. The van der Waals surface area contributed by atoms with Crippen molar-refractivity contribution in [1.29, 1.82) is 0 Å². The van der Waals surface area contributed by atoms with E-state index in [2.05, 4.69) is 29.2 Å². The summed E-state index contributed by atoms with van der Waals surface area (Å²) in [6.45, 7) is 3.85. The van der Waals surface area contributed by atoms with Crippen molar-refractivity contribution in [3.8, 4) is 0 Å². The standard InChI is InChI=1S/C25H29ClFN5O/c1-16-21-15-19(29-24(33)9-5-17-4-6-18(26)14-22(17)27)7-8-23(21)30-25(28-16)32-12-10-20(11-13-32)31(2)3/h4,6-8,14-15,20H,5,9-13H2,1-3H3,(H,29,33). The smallest absolute Gasteiger partial charge is 0.226 e. The molecule has 0 aliphatic carbocycles. The van der Waals surface area contributed by atoms with Gasteiger partial charge in [0.05, 0.1) is 11.2 Å². The van der Waals surface area contributed by atoms with E-state index in [0.717, 1.165) is 48.5 Å². The van der Waals surface area contributed by atoms with Crippen molar-refractivity contribution in [3.63, 3.8) is 0 Å². The van der Waals surface area contributed by atoms with Crippen LogP contribution in [0, 0.1) is 12.7 Å². The van der Waals surface area contributed by atoms with E-state index in [1.54, 1.807) is 12.1 Å². The number of rotatable bonds is 6. The van der Waals surface area contributed by atoms with Gasteiger partial charge in [-0.1, -0.05) is 17.7 Å². The summed E-state index contributed by atoms with van der Waals surface area (Å²) < 4.78 is 13.9. The number of hydrogen-bond acceptors (Lipinski definition) is 5. The summed E-state index contributed by atoms with van der Waals surface area (Å²) in [4.78, 5) is 26.5. The molecule has 2 aromatic carbocycles. The monoisotopic (exact) mass is 469 g/mol. The van der Waals surface area contributed by atoms with Crippen molar-refractivity contribution in [3.05, 3.63) is 58.5 Å². The minimum absolute atomic E-state index is 0.175. The molecule has 1 aliphatic rings. The maximum absolute atomic E-state index is 13.9. The highest BCUT2D eigenvalue weighted by molar-refractivity contribution is 6.30. The number of hydrogen-bond donors (Lipinski definition) is 1. The number of nitrogens with one attached hydrogen (secondary N) is 1. The lowest BCUT2D eigenvalue weighted by molar-refractivity contribution is -0.116. The molecule has 1 saturated heterocycles. The fraction of sp³-hybridized carbons (Fsp3) is 0.400. The molecule has 1 aliphatic heterocycles. The first-order chi connectivity index (χ1) is 15.8. The zero-order valence-corrected chi connectivity index (χ0v) is 20.0. The van der Waals surface area contributed by atoms with E-state index in [-0.39, 0.29) is 12.3 Å². The lowest BCUT2D eigenvalue weighted by atomic mass is 10.0. The highest BCUT2D eigenvalue weighted by Crippen LogP contribution is 2.25. The topological polar surface area (TPSA) is 61.4 Å². The van der Waals surface area contributed by atoms with E-state index in [1.165, 1.54) is 6.07 Å². The molecule has 0 atom stereocenters. The summed E-state index contributed by atoms with van der Waals surface area (Å²) in [5, 5.41) is 4.15. The van der Waals surface area contributed by atoms with Gasteiger partial charge in [0.25, 0.3) is 0 Å². The number of halogens is 2. The molecule has 0 spiro atoms. The lowest BCUT2D eigenvalue weighted by Gasteiger charge is -2.35. The predicted octanol–water partition coefficient (Wildman–Crippen LogP) is 4.83. The van der Waals surface area contributed by atoms with Crippen LogP contribution < -0.4 is 10.2 Å². The minimum Gasteiger partial charge on any atom is -0.341 e. The molecule has 4 rings (SSSR count). The van der Waals surface area contributed by atoms with E-state index in [4.69, 9.17) is 21.6 Å². The van der Waals surface area contributed by atoms with Crippen molar-refractivity contribution >= 4 is 40.0 Å². The van der Waals surface area contributed by atoms with Crippen LogP contribution >= 0.6 is 11.6 Å². The van der Waals surface area contributed by atoms with Crippen molar-refractivity contribution in [1.82, 2.24) is 14.9 Å². The van der Waals surface area contributed by atoms with Crippen LogP contribution in [0.2, 0.25) is 5.02 Å². The number of amides is 1. The number of carbonyl (C=O) groups is 1. The Morgan fingerprint density at radius 3 is 2.64 bits per heavy atom. The van der Waals surface area contributed by atoms with Gasteiger partial charge in [0.15, 0.2) is 0 Å². The first kappa shape index (κ1) is 23.4. The molecule has 1 aromatic heterocycles. The summed E-state index contributed by atoms with van der Waals surface area (Å²) in [7, 11) is 4.26. The van der Waals surface area contributed by atoms with E-state index in [0.29, 0.717) is 28.7 Å². The highest BCUT2D eigenvalue weighted by Gasteiger charge is 2.22. The summed E-state index contributed by atoms with van der Waals surface area (Å²) in [5.41, 5.74) is 2.88. The average molecular weight is 470 g/mol. The molecule has 3 aromatic rings. The Hall–Kier alpha value is -2.77. The molecule has 8 heteroatoms. The van der Waals surface area contributed by atoms with E-state index >= 15 is 0 Å². The van der Waals surface area contributed by atoms with Gasteiger partial charge in [-0.15, -0.1) is 0 Å². The average Bonchev–Trinajstić information content (AvgIpc) is 2.79. The molecule has 0 bridgehead atoms. The molecule has 2 heterocycles. The largest absolute Gasteiger partial charge is 0.341 e. The van der Waals surface area contributed by atoms with Gasteiger partial charge in [0.2, 0.25) is 11.9 Å². The molecule has 174 valence electrons. The van der Waals surface area contributed by atoms with Crippen LogP contribution in [-0.4, -0.2) is 54.0 Å². The van der Waals surface area contributed by atoms with Gasteiger partial charge in [-0.2, -0.15) is 0 Å². The molecule has 0 saturated carbocycles. The van der Waals surface area contributed by atoms with Crippen LogP contribution in [-0.2, 0) is 11.2 Å². The van der Waals surface area contributed by atoms with Crippen molar-refractivity contribution in [2.45, 2.75) is 38.6 Å². The molecule has 1 N–H and O–H groups in total. The number of nitrogens with zero attached hydrogens (tertiary/aromatic N) is 4. The van der Waals surface area contributed by atoms with Crippen LogP contribution in [0.1, 0.15) is 30.5 Å². The zero-order chi connectivity index (χ0) is 23.5. The van der Waals surface area contributed by atoms with Gasteiger partial charge in [-0.3, -0.25) is 4.79 Å². The maximum atomic E-state index is 13.9. The van der Waals surface area contributed by atoms with E-state index in [1.807, 2.05) is 25.1 Å². The zero-order valence-electron chi connectivity index (χ0n) is 19.2. The predicted molar refractivity (Wildman–Crippen MR) is 132 cm³/mol. The SMILES string of the molecule is Cc1nc(N2CCC(N(C)C)CC2)nc2ccc(NC(=O)CCc3ccc(Cl)cc3F)cc12. The Kier molecular flexibility index (Phi) is 7.10. The Morgan fingerprint density at radius 1 is 1.18 bits per heavy atom. The van der Waals surface area contributed by atoms with Gasteiger partial charge in [-0.05, 0) is 76.2 Å². The second-order valence-corrected chi connectivity index (χ2v) is 9.24. The molecule has 0 radical (unpaired) electrons. The van der Waals surface area contributed by atoms with Gasteiger partial charge < -0.3 is 15.1 Å². The number of carbonyl (C=O) groups excluding carboxylic acids is 1. The minimum atomic E-state index is -0.393. The molecule has 6 nitrogen and oxygen atoms in total. The summed E-state index contributed by atoms with van der Waals surface area (Å²) in [5.74, 6) is 0.192. The van der Waals surface area contributed by atoms with Crippen LogP contribution in [0.15, 0.2) is 36.4 Å². The third-order valence-corrected chi connectivity index (χ3v) is 6.51. The molecule has 0 unspecified atom stereocenters. The quantitative estimate of drug-likeness (QED) is 0.560. The summed E-state index contributed by atoms with van der Waals surface area (Å²) in [6, 6.07) is 10.8. The van der Waals surface area contributed by atoms with Gasteiger partial charge in [0, 0.05) is 41.6 Å². The Bertz CT molecular complexity index is 1160. The molecule has 1 amide bonds.